The Balaban J connectivity index is 1.44. The van der Waals surface area contributed by atoms with E-state index in [9.17, 15) is 22.8 Å². The van der Waals surface area contributed by atoms with Gasteiger partial charge in [0.05, 0.1) is 11.5 Å². The van der Waals surface area contributed by atoms with Crippen LogP contribution in [0.15, 0.2) is 47.5 Å². The van der Waals surface area contributed by atoms with Crippen LogP contribution in [0.3, 0.4) is 0 Å². The van der Waals surface area contributed by atoms with Gasteiger partial charge in [-0.3, -0.25) is 9.59 Å². The molecular formula is C20H21F3N4O2S. The number of alkyl halides is 3. The van der Waals surface area contributed by atoms with E-state index in [0.717, 1.165) is 22.8 Å². The number of pyridine rings is 1. The molecule has 1 aliphatic heterocycles. The molecule has 0 radical (unpaired) electrons. The molecule has 1 atom stereocenters. The van der Waals surface area contributed by atoms with Gasteiger partial charge < -0.3 is 15.5 Å². The second kappa shape index (κ2) is 9.38. The highest BCUT2D eigenvalue weighted by Crippen LogP contribution is 2.29. The van der Waals surface area contributed by atoms with Crippen molar-refractivity contribution in [2.24, 2.45) is 5.92 Å². The summed E-state index contributed by atoms with van der Waals surface area (Å²) >= 11 is 1.61. The summed E-state index contributed by atoms with van der Waals surface area (Å²) in [6, 6.07) is 9.78. The predicted octanol–water partition coefficient (Wildman–Crippen LogP) is 3.40. The smallest absolute Gasteiger partial charge is 0.368 e. The van der Waals surface area contributed by atoms with Crippen LogP contribution in [0.1, 0.15) is 12.0 Å². The van der Waals surface area contributed by atoms with Gasteiger partial charge in [-0.2, -0.15) is 13.2 Å². The van der Waals surface area contributed by atoms with Crippen LogP contribution in [0, 0.1) is 5.92 Å². The van der Waals surface area contributed by atoms with E-state index in [0.29, 0.717) is 13.1 Å². The maximum atomic E-state index is 12.5. The van der Waals surface area contributed by atoms with E-state index in [1.165, 1.54) is 6.07 Å². The second-order valence-electron chi connectivity index (χ2n) is 6.75. The average Bonchev–Trinajstić information content (AvgIpc) is 3.12. The van der Waals surface area contributed by atoms with Gasteiger partial charge in [-0.1, -0.05) is 0 Å². The molecule has 1 aromatic carbocycles. The fourth-order valence-electron chi connectivity index (χ4n) is 3.08. The van der Waals surface area contributed by atoms with E-state index in [1.807, 2.05) is 30.5 Å². The summed E-state index contributed by atoms with van der Waals surface area (Å²) in [5.74, 6) is -0.483. The lowest BCUT2D eigenvalue weighted by molar-refractivity contribution is -0.137. The number of carbonyl (C=O) groups excluding carboxylic acids is 2. The van der Waals surface area contributed by atoms with Crippen LogP contribution >= 0.6 is 11.8 Å². The summed E-state index contributed by atoms with van der Waals surface area (Å²) in [6.45, 7) is 0.871. The SMILES string of the molecule is CSc1ccc(N2CC(C(=O)NCCNc3ccc(C(F)(F)F)cn3)CC2=O)cc1. The van der Waals surface area contributed by atoms with Crippen molar-refractivity contribution in [1.82, 2.24) is 10.3 Å². The molecule has 0 spiro atoms. The molecule has 3 rings (SSSR count). The molecule has 0 aliphatic carbocycles. The normalized spacial score (nSPS) is 16.6. The zero-order valence-corrected chi connectivity index (χ0v) is 17.0. The van der Waals surface area contributed by atoms with E-state index in [2.05, 4.69) is 15.6 Å². The van der Waals surface area contributed by atoms with Crippen LogP contribution in [0.5, 0.6) is 0 Å². The Bertz CT molecular complexity index is 888. The Morgan fingerprint density at radius 3 is 2.53 bits per heavy atom. The summed E-state index contributed by atoms with van der Waals surface area (Å²) in [6.07, 6.45) is -1.56. The number of rotatable bonds is 7. The largest absolute Gasteiger partial charge is 0.417 e. The van der Waals surface area contributed by atoms with Gasteiger partial charge in [0.2, 0.25) is 11.8 Å². The lowest BCUT2D eigenvalue weighted by Crippen LogP contribution is -2.35. The van der Waals surface area contributed by atoms with Gasteiger partial charge >= 0.3 is 6.18 Å². The number of thioether (sulfide) groups is 1. The number of hydrogen-bond acceptors (Lipinski definition) is 5. The molecule has 2 aromatic rings. The minimum absolute atomic E-state index is 0.0980. The van der Waals surface area contributed by atoms with Crippen LogP contribution in [0.2, 0.25) is 0 Å². The van der Waals surface area contributed by atoms with E-state index < -0.39 is 17.7 Å². The van der Waals surface area contributed by atoms with E-state index in [4.69, 9.17) is 0 Å². The highest BCUT2D eigenvalue weighted by molar-refractivity contribution is 7.98. The Kier molecular flexibility index (Phi) is 6.86. The molecule has 1 saturated heterocycles. The van der Waals surface area contributed by atoms with Gasteiger partial charge in [0.15, 0.2) is 0 Å². The maximum absolute atomic E-state index is 12.5. The van der Waals surface area contributed by atoms with Gasteiger partial charge in [0.25, 0.3) is 0 Å². The summed E-state index contributed by atoms with van der Waals surface area (Å²) in [7, 11) is 0. The Morgan fingerprint density at radius 1 is 1.20 bits per heavy atom. The number of aromatic nitrogens is 1. The first-order chi connectivity index (χ1) is 14.3. The standard InChI is InChI=1S/C20H21F3N4O2S/c1-30-16-5-3-15(4-6-16)27-12-13(10-18(27)28)19(29)25-9-8-24-17-7-2-14(11-26-17)20(21,22)23/h2-7,11,13H,8-10,12H2,1H3,(H,24,26)(H,25,29). The van der Waals surface area contributed by atoms with Crippen LogP contribution in [-0.2, 0) is 15.8 Å². The van der Waals surface area contributed by atoms with Gasteiger partial charge in [0, 0.05) is 42.8 Å². The monoisotopic (exact) mass is 438 g/mol. The molecule has 1 aliphatic rings. The van der Waals surface area contributed by atoms with Crippen LogP contribution in [0.4, 0.5) is 24.7 Å². The molecule has 1 unspecified atom stereocenters. The van der Waals surface area contributed by atoms with Crippen molar-refractivity contribution in [3.8, 4) is 0 Å². The summed E-state index contributed by atoms with van der Waals surface area (Å²) in [5, 5.41) is 5.60. The fraction of sp³-hybridized carbons (Fsp3) is 0.350. The molecule has 30 heavy (non-hydrogen) atoms. The summed E-state index contributed by atoms with van der Waals surface area (Å²) < 4.78 is 37.6. The van der Waals surface area contributed by atoms with Crippen molar-refractivity contribution in [3.63, 3.8) is 0 Å². The Morgan fingerprint density at radius 2 is 1.93 bits per heavy atom. The molecule has 10 heteroatoms. The van der Waals surface area contributed by atoms with Gasteiger partial charge in [0.1, 0.15) is 5.82 Å². The van der Waals surface area contributed by atoms with Crippen molar-refractivity contribution >= 4 is 35.1 Å². The number of halogens is 3. The molecule has 2 heterocycles. The molecule has 2 N–H and O–H groups in total. The third-order valence-corrected chi connectivity index (χ3v) is 5.44. The highest BCUT2D eigenvalue weighted by Gasteiger charge is 2.35. The third-order valence-electron chi connectivity index (χ3n) is 4.70. The highest BCUT2D eigenvalue weighted by atomic mass is 32.2. The van der Waals surface area contributed by atoms with Crippen molar-refractivity contribution in [3.05, 3.63) is 48.2 Å². The second-order valence-corrected chi connectivity index (χ2v) is 7.63. The number of amides is 2. The molecule has 0 saturated carbocycles. The first-order valence-corrected chi connectivity index (χ1v) is 10.5. The lowest BCUT2D eigenvalue weighted by atomic mass is 10.1. The number of anilines is 2. The third kappa shape index (κ3) is 5.44. The summed E-state index contributed by atoms with van der Waals surface area (Å²) in [5.41, 5.74) is -0.0527. The lowest BCUT2D eigenvalue weighted by Gasteiger charge is -2.17. The Hall–Kier alpha value is -2.75. The number of benzene rings is 1. The molecule has 1 aromatic heterocycles. The Labute approximate surface area is 176 Å². The molecule has 160 valence electrons. The van der Waals surface area contributed by atoms with E-state index >= 15 is 0 Å². The van der Waals surface area contributed by atoms with E-state index in [-0.39, 0.29) is 30.6 Å². The topological polar surface area (TPSA) is 74.3 Å². The number of nitrogens with zero attached hydrogens (tertiary/aromatic N) is 2. The maximum Gasteiger partial charge on any atom is 0.417 e. The number of hydrogen-bond donors (Lipinski definition) is 2. The number of carbonyl (C=O) groups is 2. The number of nitrogens with one attached hydrogen (secondary N) is 2. The molecular weight excluding hydrogens is 417 g/mol. The van der Waals surface area contributed by atoms with Crippen LogP contribution < -0.4 is 15.5 Å². The van der Waals surface area contributed by atoms with Crippen molar-refractivity contribution < 1.29 is 22.8 Å². The minimum Gasteiger partial charge on any atom is -0.368 e. The first kappa shape index (κ1) is 21.9. The molecule has 0 bridgehead atoms. The van der Waals surface area contributed by atoms with Crippen LogP contribution in [-0.4, -0.2) is 42.7 Å². The van der Waals surface area contributed by atoms with Gasteiger partial charge in [-0.25, -0.2) is 4.98 Å². The van der Waals surface area contributed by atoms with Gasteiger partial charge in [-0.05, 0) is 42.7 Å². The molecule has 1 fully saturated rings. The zero-order valence-electron chi connectivity index (χ0n) is 16.2. The van der Waals surface area contributed by atoms with E-state index in [1.54, 1.807) is 16.7 Å². The van der Waals surface area contributed by atoms with Gasteiger partial charge in [-0.15, -0.1) is 11.8 Å². The van der Waals surface area contributed by atoms with Crippen molar-refractivity contribution in [2.45, 2.75) is 17.5 Å². The van der Waals surface area contributed by atoms with Crippen molar-refractivity contribution in [2.75, 3.05) is 36.1 Å². The quantitative estimate of drug-likeness (QED) is 0.512. The predicted molar refractivity (Wildman–Crippen MR) is 109 cm³/mol. The van der Waals surface area contributed by atoms with Crippen LogP contribution in [0.25, 0.3) is 0 Å². The van der Waals surface area contributed by atoms with Crippen molar-refractivity contribution in [1.29, 1.82) is 0 Å². The zero-order chi connectivity index (χ0) is 21.7. The molecule has 6 nitrogen and oxygen atoms in total. The molecule has 2 amide bonds. The first-order valence-electron chi connectivity index (χ1n) is 9.27. The average molecular weight is 438 g/mol. The minimum atomic E-state index is -4.43. The fourth-order valence-corrected chi connectivity index (χ4v) is 3.49. The summed E-state index contributed by atoms with van der Waals surface area (Å²) in [4.78, 5) is 31.1.